The van der Waals surface area contributed by atoms with Crippen LogP contribution in [0.3, 0.4) is 0 Å². The first-order valence-electron chi connectivity index (χ1n) is 9.19. The van der Waals surface area contributed by atoms with Crippen LogP contribution in [0, 0.1) is 0 Å². The second-order valence-corrected chi connectivity index (χ2v) is 6.85. The van der Waals surface area contributed by atoms with Gasteiger partial charge in [0.25, 0.3) is 0 Å². The highest BCUT2D eigenvalue weighted by Crippen LogP contribution is 2.41. The predicted octanol–water partition coefficient (Wildman–Crippen LogP) is 4.97. The quantitative estimate of drug-likeness (QED) is 0.331. The van der Waals surface area contributed by atoms with Crippen molar-refractivity contribution in [2.75, 3.05) is 27.4 Å². The number of pyridine rings is 1. The van der Waals surface area contributed by atoms with E-state index in [1.54, 1.807) is 30.5 Å². The van der Waals surface area contributed by atoms with Crippen LogP contribution in [0.2, 0.25) is 5.02 Å². The number of benzene rings is 2. The van der Waals surface area contributed by atoms with Crippen LogP contribution in [0.25, 0.3) is 21.8 Å². The van der Waals surface area contributed by atoms with Crippen LogP contribution in [0.4, 0.5) is 0 Å². The molecule has 4 aromatic rings. The van der Waals surface area contributed by atoms with Gasteiger partial charge in [-0.2, -0.15) is 0 Å². The van der Waals surface area contributed by atoms with Crippen LogP contribution in [0.15, 0.2) is 48.7 Å². The molecule has 0 saturated carbocycles. The highest BCUT2D eigenvalue weighted by Gasteiger charge is 2.23. The number of nitrogens with zero attached hydrogens (tertiary/aromatic N) is 1. The maximum absolute atomic E-state index is 12.5. The molecule has 1 N–H and O–H groups in total. The fourth-order valence-electron chi connectivity index (χ4n) is 3.22. The van der Waals surface area contributed by atoms with E-state index in [2.05, 4.69) is 9.97 Å². The zero-order valence-corrected chi connectivity index (χ0v) is 17.2. The number of methoxy groups -OCH3 is 2. The molecule has 30 heavy (non-hydrogen) atoms. The number of esters is 1. The average Bonchev–Trinajstić information content (AvgIpc) is 3.14. The van der Waals surface area contributed by atoms with Crippen molar-refractivity contribution in [3.05, 3.63) is 59.4 Å². The van der Waals surface area contributed by atoms with E-state index < -0.39 is 5.97 Å². The van der Waals surface area contributed by atoms with E-state index in [0.717, 1.165) is 10.9 Å². The fraction of sp³-hybridized carbons (Fsp3) is 0.182. The molecular formula is C22H19ClN2O5. The maximum atomic E-state index is 12.5. The number of hydrogen-bond donors (Lipinski definition) is 1. The van der Waals surface area contributed by atoms with Crippen LogP contribution in [0.5, 0.6) is 17.2 Å². The molecule has 0 aliphatic rings. The number of nitrogens with one attached hydrogen (secondary N) is 1. The Morgan fingerprint density at radius 1 is 1.03 bits per heavy atom. The molecule has 154 valence electrons. The Hall–Kier alpha value is -3.29. The van der Waals surface area contributed by atoms with Crippen LogP contribution < -0.4 is 9.47 Å². The van der Waals surface area contributed by atoms with Crippen molar-refractivity contribution < 1.29 is 23.7 Å². The summed E-state index contributed by atoms with van der Waals surface area (Å²) in [6, 6.07) is 12.7. The van der Waals surface area contributed by atoms with Crippen molar-refractivity contribution in [3.63, 3.8) is 0 Å². The van der Waals surface area contributed by atoms with E-state index in [1.807, 2.05) is 18.2 Å². The number of rotatable bonds is 7. The molecule has 0 spiro atoms. The molecule has 8 heteroatoms. The van der Waals surface area contributed by atoms with Crippen LogP contribution in [-0.2, 0) is 9.47 Å². The Balaban J connectivity index is 1.84. The molecule has 0 saturated heterocycles. The summed E-state index contributed by atoms with van der Waals surface area (Å²) in [5.41, 5.74) is 1.62. The van der Waals surface area contributed by atoms with Gasteiger partial charge in [0.15, 0.2) is 11.4 Å². The first kappa shape index (κ1) is 20.0. The van der Waals surface area contributed by atoms with Gasteiger partial charge in [-0.05, 0) is 36.4 Å². The Morgan fingerprint density at radius 2 is 1.83 bits per heavy atom. The van der Waals surface area contributed by atoms with E-state index >= 15 is 0 Å². The summed E-state index contributed by atoms with van der Waals surface area (Å²) in [5, 5.41) is 2.08. The minimum Gasteiger partial charge on any atom is -0.493 e. The molecule has 0 radical (unpaired) electrons. The number of carbonyl (C=O) groups excluding carboxylic acids is 1. The highest BCUT2D eigenvalue weighted by molar-refractivity contribution is 6.30. The maximum Gasteiger partial charge on any atom is 0.360 e. The molecule has 0 fully saturated rings. The normalized spacial score (nSPS) is 11.0. The number of fused-ring (bicyclic) bond motifs is 3. The number of aromatic amines is 1. The topological polar surface area (TPSA) is 82.7 Å². The van der Waals surface area contributed by atoms with E-state index in [1.165, 1.54) is 14.2 Å². The summed E-state index contributed by atoms with van der Waals surface area (Å²) >= 11 is 5.97. The van der Waals surface area contributed by atoms with Gasteiger partial charge in [-0.25, -0.2) is 9.78 Å². The lowest BCUT2D eigenvalue weighted by Crippen LogP contribution is -2.12. The molecular weight excluding hydrogens is 408 g/mol. The van der Waals surface area contributed by atoms with Gasteiger partial charge < -0.3 is 23.9 Å². The average molecular weight is 427 g/mol. The molecule has 7 nitrogen and oxygen atoms in total. The SMILES string of the molecule is COCCOC(=O)c1ncc2[nH]c3cccc(Oc4ccc(Cl)cc4)c3c2c1OC. The smallest absolute Gasteiger partial charge is 0.360 e. The van der Waals surface area contributed by atoms with Crippen molar-refractivity contribution in [1.82, 2.24) is 9.97 Å². The molecule has 0 unspecified atom stereocenters. The lowest BCUT2D eigenvalue weighted by molar-refractivity contribution is 0.0378. The van der Waals surface area contributed by atoms with Gasteiger partial charge >= 0.3 is 5.97 Å². The van der Waals surface area contributed by atoms with Gasteiger partial charge in [0.05, 0.1) is 41.7 Å². The van der Waals surface area contributed by atoms with Gasteiger partial charge in [0.1, 0.15) is 18.1 Å². The molecule has 2 aromatic heterocycles. The van der Waals surface area contributed by atoms with Gasteiger partial charge in [-0.3, -0.25) is 0 Å². The van der Waals surface area contributed by atoms with Gasteiger partial charge in [-0.15, -0.1) is 0 Å². The molecule has 2 heterocycles. The summed E-state index contributed by atoms with van der Waals surface area (Å²) in [6.07, 6.45) is 1.58. The minimum absolute atomic E-state index is 0.0864. The minimum atomic E-state index is -0.587. The van der Waals surface area contributed by atoms with Crippen LogP contribution in [0.1, 0.15) is 10.5 Å². The largest absolute Gasteiger partial charge is 0.493 e. The third kappa shape index (κ3) is 3.77. The second kappa shape index (κ2) is 8.61. The van der Waals surface area contributed by atoms with Gasteiger partial charge in [0.2, 0.25) is 0 Å². The standard InChI is InChI=1S/C22H19ClN2O5/c1-27-10-11-29-22(26)20-21(28-2)19-16(12-24-20)25-15-4-3-5-17(18(15)19)30-14-8-6-13(23)7-9-14/h3-9,12,25H,10-11H2,1-2H3. The second-order valence-electron chi connectivity index (χ2n) is 6.42. The van der Waals surface area contributed by atoms with Crippen molar-refractivity contribution in [2.45, 2.75) is 0 Å². The lowest BCUT2D eigenvalue weighted by Gasteiger charge is -2.11. The summed E-state index contributed by atoms with van der Waals surface area (Å²) in [4.78, 5) is 20.1. The van der Waals surface area contributed by atoms with E-state index in [9.17, 15) is 4.79 Å². The third-order valence-electron chi connectivity index (χ3n) is 4.54. The zero-order valence-electron chi connectivity index (χ0n) is 16.4. The molecule has 0 aliphatic carbocycles. The molecule has 0 amide bonds. The number of carbonyl (C=O) groups is 1. The summed E-state index contributed by atoms with van der Waals surface area (Å²) in [5.74, 6) is 0.960. The lowest BCUT2D eigenvalue weighted by atomic mass is 10.1. The molecule has 4 rings (SSSR count). The summed E-state index contributed by atoms with van der Waals surface area (Å²) in [7, 11) is 3.02. The van der Waals surface area contributed by atoms with Gasteiger partial charge in [0, 0.05) is 12.1 Å². The third-order valence-corrected chi connectivity index (χ3v) is 4.79. The Kier molecular flexibility index (Phi) is 5.74. The highest BCUT2D eigenvalue weighted by atomic mass is 35.5. The first-order valence-corrected chi connectivity index (χ1v) is 9.57. The van der Waals surface area contributed by atoms with Crippen LogP contribution >= 0.6 is 11.6 Å². The summed E-state index contributed by atoms with van der Waals surface area (Å²) in [6.45, 7) is 0.416. The Labute approximate surface area is 177 Å². The Morgan fingerprint density at radius 3 is 2.57 bits per heavy atom. The number of halogens is 1. The molecule has 0 bridgehead atoms. The zero-order chi connectivity index (χ0) is 21.1. The molecule has 0 atom stereocenters. The first-order chi connectivity index (χ1) is 14.6. The van der Waals surface area contributed by atoms with Crippen molar-refractivity contribution in [2.24, 2.45) is 0 Å². The van der Waals surface area contributed by atoms with Crippen molar-refractivity contribution in [1.29, 1.82) is 0 Å². The molecule has 2 aromatic carbocycles. The molecule has 0 aliphatic heterocycles. The predicted molar refractivity (Wildman–Crippen MR) is 114 cm³/mol. The van der Waals surface area contributed by atoms with E-state index in [4.69, 9.17) is 30.5 Å². The number of H-pyrrole nitrogens is 1. The van der Waals surface area contributed by atoms with Crippen molar-refractivity contribution in [3.8, 4) is 17.2 Å². The van der Waals surface area contributed by atoms with E-state index in [-0.39, 0.29) is 12.3 Å². The Bertz CT molecular complexity index is 1200. The van der Waals surface area contributed by atoms with E-state index in [0.29, 0.717) is 39.8 Å². The number of hydrogen-bond acceptors (Lipinski definition) is 6. The number of aromatic nitrogens is 2. The van der Waals surface area contributed by atoms with Crippen molar-refractivity contribution >= 4 is 39.4 Å². The number of ether oxygens (including phenoxy) is 4. The summed E-state index contributed by atoms with van der Waals surface area (Å²) < 4.78 is 21.8. The van der Waals surface area contributed by atoms with Gasteiger partial charge in [-0.1, -0.05) is 17.7 Å². The fourth-order valence-corrected chi connectivity index (χ4v) is 3.35. The monoisotopic (exact) mass is 426 g/mol. The van der Waals surface area contributed by atoms with Crippen LogP contribution in [-0.4, -0.2) is 43.4 Å².